The first kappa shape index (κ1) is 30.6. The van der Waals surface area contributed by atoms with Gasteiger partial charge in [0.2, 0.25) is 0 Å². The molecule has 0 aliphatic heterocycles. The van der Waals surface area contributed by atoms with Crippen molar-refractivity contribution in [2.45, 2.75) is 45.6 Å². The lowest BCUT2D eigenvalue weighted by Gasteiger charge is -2.19. The third-order valence-corrected chi connectivity index (χ3v) is 6.51. The minimum atomic E-state index is -4.73. The maximum absolute atomic E-state index is 15.0. The van der Waals surface area contributed by atoms with Crippen molar-refractivity contribution in [2.24, 2.45) is 0 Å². The molecule has 0 spiro atoms. The van der Waals surface area contributed by atoms with Gasteiger partial charge in [0.05, 0.1) is 5.56 Å². The van der Waals surface area contributed by atoms with Crippen LogP contribution in [0.4, 0.5) is 35.1 Å². The van der Waals surface area contributed by atoms with Crippen LogP contribution in [0.1, 0.15) is 54.0 Å². The molecule has 0 N–H and O–H groups in total. The van der Waals surface area contributed by atoms with Gasteiger partial charge in [0.15, 0.2) is 17.5 Å². The van der Waals surface area contributed by atoms with E-state index in [2.05, 4.69) is 23.5 Å². The van der Waals surface area contributed by atoms with E-state index in [0.29, 0.717) is 23.3 Å². The van der Waals surface area contributed by atoms with Crippen molar-refractivity contribution in [2.75, 3.05) is 0 Å². The third kappa shape index (κ3) is 6.93. The Hall–Kier alpha value is -4.32. The van der Waals surface area contributed by atoms with E-state index in [9.17, 15) is 30.7 Å². The number of unbranched alkanes of at least 4 members (excludes halogenated alkanes) is 2. The van der Waals surface area contributed by atoms with Gasteiger partial charge in [-0.25, -0.2) is 26.3 Å². The Morgan fingerprint density at radius 2 is 1.31 bits per heavy atom. The van der Waals surface area contributed by atoms with Crippen LogP contribution in [0.3, 0.4) is 0 Å². The van der Waals surface area contributed by atoms with Gasteiger partial charge in [0.1, 0.15) is 28.8 Å². The maximum Gasteiger partial charge on any atom is 0.432 e. The Labute approximate surface area is 237 Å². The molecule has 0 radical (unpaired) electrons. The predicted molar refractivity (Wildman–Crippen MR) is 143 cm³/mol. The maximum atomic E-state index is 15.0. The second-order valence-electron chi connectivity index (χ2n) is 9.69. The summed E-state index contributed by atoms with van der Waals surface area (Å²) in [6.07, 6.45) is -0.430. The van der Waals surface area contributed by atoms with Crippen molar-refractivity contribution in [1.29, 1.82) is 0 Å². The summed E-state index contributed by atoms with van der Waals surface area (Å²) in [5.74, 6) is -6.18. The highest BCUT2D eigenvalue weighted by Gasteiger charge is 2.41. The molecule has 42 heavy (non-hydrogen) atoms. The minimum Gasteiger partial charge on any atom is -0.429 e. The quantitative estimate of drug-likeness (QED) is 0.0862. The molecule has 0 aromatic heterocycles. The van der Waals surface area contributed by atoms with Gasteiger partial charge < -0.3 is 4.74 Å². The molecule has 0 saturated heterocycles. The molecule has 0 fully saturated rings. The van der Waals surface area contributed by atoms with Crippen molar-refractivity contribution in [3.05, 3.63) is 123 Å². The predicted octanol–water partition coefficient (Wildman–Crippen LogP) is 9.76. The molecule has 0 aliphatic carbocycles. The highest BCUT2D eigenvalue weighted by Crippen LogP contribution is 2.36. The molecule has 4 rings (SSSR count). The van der Waals surface area contributed by atoms with Crippen LogP contribution < -0.4 is 4.74 Å². The molecule has 0 saturated carbocycles. The number of halogens is 8. The molecule has 0 atom stereocenters. The van der Waals surface area contributed by atoms with Gasteiger partial charge in [-0.2, -0.15) is 8.78 Å². The number of hydrogen-bond donors (Lipinski definition) is 0. The number of benzene rings is 4. The van der Waals surface area contributed by atoms with Gasteiger partial charge in [0, 0.05) is 17.7 Å². The van der Waals surface area contributed by atoms with Crippen LogP contribution in [0.5, 0.6) is 5.75 Å². The van der Waals surface area contributed by atoms with E-state index in [1.165, 1.54) is 11.6 Å². The molecule has 218 valence electrons. The lowest BCUT2D eigenvalue weighted by molar-refractivity contribution is -0.189. The standard InChI is InChI=1S/C33H24F8O/c1-3-4-5-6-20-7-10-22(11-8-20)23-13-19(2)25(26(34)16-23)12-9-21-14-27(35)31(28(36)15-21)33(40,41)42-24-17-29(37)32(39)30(38)18-24/h7-8,10-11,13-18H,3-6H2,1-2H3. The van der Waals surface area contributed by atoms with Gasteiger partial charge in [-0.3, -0.25) is 0 Å². The molecule has 0 amide bonds. The van der Waals surface area contributed by atoms with E-state index in [1.54, 1.807) is 13.0 Å². The van der Waals surface area contributed by atoms with Crippen LogP contribution in [0.25, 0.3) is 11.1 Å². The molecule has 4 aromatic rings. The Balaban J connectivity index is 1.56. The van der Waals surface area contributed by atoms with Crippen LogP contribution in [-0.2, 0) is 12.5 Å². The SMILES string of the molecule is CCCCCc1ccc(-c2cc(C)c(C#Cc3cc(F)c(C(F)(F)Oc4cc(F)c(F)c(F)c4)c(F)c3)c(F)c2)cc1. The van der Waals surface area contributed by atoms with Crippen LogP contribution in [0.15, 0.2) is 60.7 Å². The molecule has 1 nitrogen and oxygen atoms in total. The summed E-state index contributed by atoms with van der Waals surface area (Å²) < 4.78 is 117. The van der Waals surface area contributed by atoms with Crippen LogP contribution in [0.2, 0.25) is 0 Å². The highest BCUT2D eigenvalue weighted by molar-refractivity contribution is 5.67. The zero-order chi connectivity index (χ0) is 30.6. The first-order valence-electron chi connectivity index (χ1n) is 13.0. The number of rotatable bonds is 8. The highest BCUT2D eigenvalue weighted by atomic mass is 19.3. The van der Waals surface area contributed by atoms with E-state index in [-0.39, 0.29) is 23.3 Å². The average molecular weight is 589 g/mol. The van der Waals surface area contributed by atoms with E-state index in [1.807, 2.05) is 24.3 Å². The largest absolute Gasteiger partial charge is 0.432 e. The number of alkyl halides is 2. The normalized spacial score (nSPS) is 11.3. The second kappa shape index (κ2) is 12.7. The van der Waals surface area contributed by atoms with Gasteiger partial charge in [-0.1, -0.05) is 55.9 Å². The van der Waals surface area contributed by atoms with E-state index in [4.69, 9.17) is 0 Å². The third-order valence-electron chi connectivity index (χ3n) is 6.51. The summed E-state index contributed by atoms with van der Waals surface area (Å²) in [5.41, 5.74) is 0.741. The number of aryl methyl sites for hydroxylation is 2. The molecule has 9 heteroatoms. The summed E-state index contributed by atoms with van der Waals surface area (Å²) in [5, 5.41) is 0. The Kier molecular flexibility index (Phi) is 9.25. The topological polar surface area (TPSA) is 9.23 Å². The fourth-order valence-electron chi connectivity index (χ4n) is 4.36. The molecule has 0 aliphatic rings. The summed E-state index contributed by atoms with van der Waals surface area (Å²) in [6, 6.07) is 12.0. The van der Waals surface area contributed by atoms with E-state index < -0.39 is 52.3 Å². The van der Waals surface area contributed by atoms with Gasteiger partial charge in [-0.15, -0.1) is 0 Å². The Morgan fingerprint density at radius 3 is 1.88 bits per heavy atom. The summed E-state index contributed by atoms with van der Waals surface area (Å²) in [6.45, 7) is 3.74. The Bertz CT molecular complexity index is 1600. The van der Waals surface area contributed by atoms with E-state index >= 15 is 4.39 Å². The molecule has 0 unspecified atom stereocenters. The minimum absolute atomic E-state index is 0.0474. The summed E-state index contributed by atoms with van der Waals surface area (Å²) >= 11 is 0. The fourth-order valence-corrected chi connectivity index (χ4v) is 4.36. The molecular weight excluding hydrogens is 564 g/mol. The molecule has 4 aromatic carbocycles. The molecule has 0 bridgehead atoms. The zero-order valence-electron chi connectivity index (χ0n) is 22.5. The first-order valence-corrected chi connectivity index (χ1v) is 13.0. The summed E-state index contributed by atoms with van der Waals surface area (Å²) in [7, 11) is 0. The molecule has 0 heterocycles. The lowest BCUT2D eigenvalue weighted by atomic mass is 9.97. The summed E-state index contributed by atoms with van der Waals surface area (Å²) in [4.78, 5) is 0. The zero-order valence-corrected chi connectivity index (χ0v) is 22.5. The average Bonchev–Trinajstić information content (AvgIpc) is 2.91. The first-order chi connectivity index (χ1) is 19.9. The number of ether oxygens (including phenoxy) is 1. The van der Waals surface area contributed by atoms with Crippen molar-refractivity contribution >= 4 is 0 Å². The van der Waals surface area contributed by atoms with Gasteiger partial charge in [-0.05, 0) is 66.3 Å². The monoisotopic (exact) mass is 588 g/mol. The fraction of sp³-hybridized carbons (Fsp3) is 0.212. The van der Waals surface area contributed by atoms with Crippen molar-refractivity contribution < 1.29 is 39.9 Å². The van der Waals surface area contributed by atoms with Crippen molar-refractivity contribution in [1.82, 2.24) is 0 Å². The van der Waals surface area contributed by atoms with Crippen molar-refractivity contribution in [3.8, 4) is 28.7 Å². The Morgan fingerprint density at radius 1 is 0.690 bits per heavy atom. The lowest BCUT2D eigenvalue weighted by Crippen LogP contribution is -2.25. The van der Waals surface area contributed by atoms with Crippen LogP contribution in [0, 0.1) is 53.7 Å². The van der Waals surface area contributed by atoms with Gasteiger partial charge in [0.25, 0.3) is 0 Å². The van der Waals surface area contributed by atoms with Gasteiger partial charge >= 0.3 is 6.11 Å². The second-order valence-corrected chi connectivity index (χ2v) is 9.69. The van der Waals surface area contributed by atoms with Crippen LogP contribution in [-0.4, -0.2) is 0 Å². The van der Waals surface area contributed by atoms with E-state index in [0.717, 1.165) is 31.2 Å². The molecular formula is C33H24F8O. The van der Waals surface area contributed by atoms with Crippen LogP contribution >= 0.6 is 0 Å². The van der Waals surface area contributed by atoms with Crippen molar-refractivity contribution in [3.63, 3.8) is 0 Å². The number of hydrogen-bond acceptors (Lipinski definition) is 1. The smallest absolute Gasteiger partial charge is 0.429 e.